The molecule has 1 unspecified atom stereocenters. The number of pyridine rings is 1. The molecule has 28 heavy (non-hydrogen) atoms. The average Bonchev–Trinajstić information content (AvgIpc) is 2.93. The predicted octanol–water partition coefficient (Wildman–Crippen LogP) is 4.67. The molecule has 0 bridgehead atoms. The number of aliphatic hydroxyl groups is 1. The van der Waals surface area contributed by atoms with Crippen LogP contribution in [-0.2, 0) is 6.54 Å². The summed E-state index contributed by atoms with van der Waals surface area (Å²) in [5, 5.41) is 28.9. The second-order valence-corrected chi connectivity index (χ2v) is 7.07. The van der Waals surface area contributed by atoms with Crippen molar-refractivity contribution in [3.05, 3.63) is 75.3 Å². The molecule has 0 aliphatic rings. The van der Waals surface area contributed by atoms with E-state index in [0.717, 1.165) is 28.1 Å². The van der Waals surface area contributed by atoms with Gasteiger partial charge in [0.05, 0.1) is 23.3 Å². The van der Waals surface area contributed by atoms with Gasteiger partial charge in [-0.1, -0.05) is 23.7 Å². The van der Waals surface area contributed by atoms with Crippen molar-refractivity contribution in [2.75, 3.05) is 0 Å². The summed E-state index contributed by atoms with van der Waals surface area (Å²) in [4.78, 5) is 4.18. The first kappa shape index (κ1) is 19.6. The van der Waals surface area contributed by atoms with E-state index in [0.29, 0.717) is 23.2 Å². The zero-order valence-electron chi connectivity index (χ0n) is 15.9. The van der Waals surface area contributed by atoms with E-state index in [4.69, 9.17) is 16.9 Å². The van der Waals surface area contributed by atoms with Crippen molar-refractivity contribution >= 4 is 11.6 Å². The summed E-state index contributed by atoms with van der Waals surface area (Å²) in [7, 11) is 0. The Kier molecular flexibility index (Phi) is 5.51. The van der Waals surface area contributed by atoms with Crippen molar-refractivity contribution in [1.29, 1.82) is 10.5 Å². The highest BCUT2D eigenvalue weighted by Gasteiger charge is 2.19. The standard InChI is InChI=1S/C22H19ClN4O/c1-13-20(10-25)21(18-6-4-16(9-24)5-7-18)14(2)27(13)12-17-8-19(15(3)28)22(23)26-11-17/h4-8,11,15,28H,12H2,1-3H3. The van der Waals surface area contributed by atoms with Gasteiger partial charge < -0.3 is 9.67 Å². The van der Waals surface area contributed by atoms with Gasteiger partial charge in [0.25, 0.3) is 0 Å². The summed E-state index contributed by atoms with van der Waals surface area (Å²) >= 11 is 6.07. The SMILES string of the molecule is Cc1c(C#N)c(-c2ccc(C#N)cc2)c(C)n1Cc1cnc(Cl)c(C(C)O)c1. The Morgan fingerprint density at radius 2 is 1.82 bits per heavy atom. The van der Waals surface area contributed by atoms with Crippen LogP contribution in [0, 0.1) is 36.5 Å². The number of hydrogen-bond acceptors (Lipinski definition) is 4. The van der Waals surface area contributed by atoms with Gasteiger partial charge in [-0.05, 0) is 50.1 Å². The second kappa shape index (κ2) is 7.86. The molecular formula is C22H19ClN4O. The van der Waals surface area contributed by atoms with E-state index >= 15 is 0 Å². The molecule has 0 aliphatic heterocycles. The highest BCUT2D eigenvalue weighted by atomic mass is 35.5. The lowest BCUT2D eigenvalue weighted by atomic mass is 10.0. The molecule has 2 aromatic heterocycles. The Hall–Kier alpha value is -3.12. The number of aromatic nitrogens is 2. The Balaban J connectivity index is 2.08. The zero-order chi connectivity index (χ0) is 20.4. The maximum Gasteiger partial charge on any atom is 0.134 e. The van der Waals surface area contributed by atoms with Gasteiger partial charge in [-0.2, -0.15) is 10.5 Å². The molecular weight excluding hydrogens is 372 g/mol. The van der Waals surface area contributed by atoms with Gasteiger partial charge in [-0.15, -0.1) is 0 Å². The van der Waals surface area contributed by atoms with E-state index in [9.17, 15) is 10.4 Å². The summed E-state index contributed by atoms with van der Waals surface area (Å²) in [6.45, 7) is 6.04. The Bertz CT molecular complexity index is 1120. The van der Waals surface area contributed by atoms with Gasteiger partial charge in [0.1, 0.15) is 11.2 Å². The third-order valence-corrected chi connectivity index (χ3v) is 5.23. The molecule has 1 atom stereocenters. The molecule has 1 N–H and O–H groups in total. The molecule has 0 saturated carbocycles. The van der Waals surface area contributed by atoms with Gasteiger partial charge in [0, 0.05) is 35.3 Å². The highest BCUT2D eigenvalue weighted by Crippen LogP contribution is 2.33. The quantitative estimate of drug-likeness (QED) is 0.656. The Morgan fingerprint density at radius 3 is 2.39 bits per heavy atom. The Morgan fingerprint density at radius 1 is 1.14 bits per heavy atom. The first-order valence-corrected chi connectivity index (χ1v) is 9.17. The number of benzene rings is 1. The largest absolute Gasteiger partial charge is 0.389 e. The monoisotopic (exact) mass is 390 g/mol. The van der Waals surface area contributed by atoms with Gasteiger partial charge >= 0.3 is 0 Å². The molecule has 5 nitrogen and oxygen atoms in total. The fraction of sp³-hybridized carbons (Fsp3) is 0.227. The molecule has 0 amide bonds. The molecule has 1 aromatic carbocycles. The van der Waals surface area contributed by atoms with Gasteiger partial charge in [-0.3, -0.25) is 0 Å². The number of aliphatic hydroxyl groups excluding tert-OH is 1. The topological polar surface area (TPSA) is 85.6 Å². The molecule has 6 heteroatoms. The first-order valence-electron chi connectivity index (χ1n) is 8.80. The Labute approximate surface area is 169 Å². The molecule has 140 valence electrons. The number of hydrogen-bond donors (Lipinski definition) is 1. The van der Waals surface area contributed by atoms with E-state index < -0.39 is 6.10 Å². The summed E-state index contributed by atoms with van der Waals surface area (Å²) in [6.07, 6.45) is 0.969. The molecule has 2 heterocycles. The van der Waals surface area contributed by atoms with Crippen molar-refractivity contribution in [2.45, 2.75) is 33.4 Å². The maximum atomic E-state index is 9.88. The van der Waals surface area contributed by atoms with Crippen LogP contribution in [0.25, 0.3) is 11.1 Å². The lowest BCUT2D eigenvalue weighted by Gasteiger charge is -2.13. The zero-order valence-corrected chi connectivity index (χ0v) is 16.6. The number of nitrogens with zero attached hydrogens (tertiary/aromatic N) is 4. The lowest BCUT2D eigenvalue weighted by molar-refractivity contribution is 0.199. The van der Waals surface area contributed by atoms with E-state index in [1.54, 1.807) is 25.3 Å². The van der Waals surface area contributed by atoms with Crippen molar-refractivity contribution in [3.63, 3.8) is 0 Å². The van der Waals surface area contributed by atoms with E-state index in [1.165, 1.54) is 0 Å². The highest BCUT2D eigenvalue weighted by molar-refractivity contribution is 6.30. The summed E-state index contributed by atoms with van der Waals surface area (Å²) < 4.78 is 2.06. The van der Waals surface area contributed by atoms with Crippen LogP contribution < -0.4 is 0 Å². The van der Waals surface area contributed by atoms with E-state index in [1.807, 2.05) is 32.0 Å². The van der Waals surface area contributed by atoms with E-state index in [-0.39, 0.29) is 5.15 Å². The summed E-state index contributed by atoms with van der Waals surface area (Å²) in [5.41, 5.74) is 6.22. The van der Waals surface area contributed by atoms with Crippen LogP contribution in [0.3, 0.4) is 0 Å². The fourth-order valence-electron chi connectivity index (χ4n) is 3.39. The molecule has 0 aliphatic carbocycles. The van der Waals surface area contributed by atoms with Crippen molar-refractivity contribution in [2.24, 2.45) is 0 Å². The average molecular weight is 391 g/mol. The van der Waals surface area contributed by atoms with Gasteiger partial charge in [0.2, 0.25) is 0 Å². The van der Waals surface area contributed by atoms with Crippen LogP contribution in [-0.4, -0.2) is 14.7 Å². The van der Waals surface area contributed by atoms with Crippen LogP contribution in [0.1, 0.15) is 46.7 Å². The third-order valence-electron chi connectivity index (χ3n) is 4.91. The molecule has 3 rings (SSSR count). The van der Waals surface area contributed by atoms with Gasteiger partial charge in [-0.25, -0.2) is 4.98 Å². The van der Waals surface area contributed by atoms with Crippen molar-refractivity contribution in [1.82, 2.24) is 9.55 Å². The molecule has 0 spiro atoms. The molecule has 3 aromatic rings. The van der Waals surface area contributed by atoms with Crippen LogP contribution in [0.4, 0.5) is 0 Å². The van der Waals surface area contributed by atoms with Crippen LogP contribution >= 0.6 is 11.6 Å². The fourth-order valence-corrected chi connectivity index (χ4v) is 3.66. The second-order valence-electron chi connectivity index (χ2n) is 6.71. The van der Waals surface area contributed by atoms with Crippen LogP contribution in [0.2, 0.25) is 5.15 Å². The normalized spacial score (nSPS) is 11.7. The maximum absolute atomic E-state index is 9.88. The number of halogens is 1. The van der Waals surface area contributed by atoms with Crippen molar-refractivity contribution in [3.8, 4) is 23.3 Å². The summed E-state index contributed by atoms with van der Waals surface area (Å²) in [5.74, 6) is 0. The number of rotatable bonds is 4. The minimum atomic E-state index is -0.712. The smallest absolute Gasteiger partial charge is 0.134 e. The lowest BCUT2D eigenvalue weighted by Crippen LogP contribution is -2.06. The third kappa shape index (κ3) is 3.51. The molecule has 0 fully saturated rings. The summed E-state index contributed by atoms with van der Waals surface area (Å²) in [6, 6.07) is 13.5. The predicted molar refractivity (Wildman–Crippen MR) is 108 cm³/mol. The van der Waals surface area contributed by atoms with Gasteiger partial charge in [0.15, 0.2) is 0 Å². The van der Waals surface area contributed by atoms with Crippen LogP contribution in [0.5, 0.6) is 0 Å². The van der Waals surface area contributed by atoms with Crippen molar-refractivity contribution < 1.29 is 5.11 Å². The molecule has 0 saturated heterocycles. The van der Waals surface area contributed by atoms with Crippen LogP contribution in [0.15, 0.2) is 36.5 Å². The minimum absolute atomic E-state index is 0.288. The van der Waals surface area contributed by atoms with E-state index in [2.05, 4.69) is 21.7 Å². The first-order chi connectivity index (χ1) is 13.4. The molecule has 0 radical (unpaired) electrons. The minimum Gasteiger partial charge on any atom is -0.389 e. The number of nitriles is 2.